The Morgan fingerprint density at radius 1 is 1.09 bits per heavy atom. The summed E-state index contributed by atoms with van der Waals surface area (Å²) < 4.78 is 38.4. The molecule has 2 aromatic rings. The Morgan fingerprint density at radius 2 is 1.78 bits per heavy atom. The van der Waals surface area contributed by atoms with Gasteiger partial charge in [0.15, 0.2) is 0 Å². The van der Waals surface area contributed by atoms with Crippen molar-refractivity contribution in [2.45, 2.75) is 6.18 Å². The van der Waals surface area contributed by atoms with Crippen molar-refractivity contribution in [2.75, 3.05) is 5.43 Å². The van der Waals surface area contributed by atoms with E-state index in [1.54, 1.807) is 0 Å². The monoisotopic (exact) mass is 325 g/mol. The molecule has 0 aromatic heterocycles. The highest BCUT2D eigenvalue weighted by Gasteiger charge is 2.33. The van der Waals surface area contributed by atoms with Crippen LogP contribution in [-0.2, 0) is 6.18 Å². The van der Waals surface area contributed by atoms with Crippen molar-refractivity contribution in [2.24, 2.45) is 0 Å². The van der Waals surface area contributed by atoms with Gasteiger partial charge in [-0.1, -0.05) is 18.2 Å². The topological polar surface area (TPSA) is 84.3 Å². The molecule has 23 heavy (non-hydrogen) atoms. The van der Waals surface area contributed by atoms with Gasteiger partial charge in [0, 0.05) is 17.7 Å². The number of alkyl halides is 3. The standard InChI is InChI=1S/C14H10F3N3O3/c15-14(16,17)11-6-1-2-7-12(11)18-19-13(21)9-4-3-5-10(8-9)20(22)23/h1-8,18H,(H,19,21). The van der Waals surface area contributed by atoms with Gasteiger partial charge in [-0.05, 0) is 18.2 Å². The Hall–Kier alpha value is -3.10. The lowest BCUT2D eigenvalue weighted by atomic mass is 10.2. The molecule has 2 aromatic carbocycles. The van der Waals surface area contributed by atoms with Crippen LogP contribution in [0.2, 0.25) is 0 Å². The number of rotatable bonds is 4. The average molecular weight is 325 g/mol. The van der Waals surface area contributed by atoms with Gasteiger partial charge in [-0.15, -0.1) is 0 Å². The predicted octanol–water partition coefficient (Wildman–Crippen LogP) is 3.37. The van der Waals surface area contributed by atoms with E-state index in [0.717, 1.165) is 18.2 Å². The van der Waals surface area contributed by atoms with Crippen molar-refractivity contribution in [1.82, 2.24) is 5.43 Å². The molecule has 0 aliphatic carbocycles. The van der Waals surface area contributed by atoms with Gasteiger partial charge >= 0.3 is 6.18 Å². The van der Waals surface area contributed by atoms with Crippen LogP contribution in [0.1, 0.15) is 15.9 Å². The van der Waals surface area contributed by atoms with Crippen molar-refractivity contribution >= 4 is 17.3 Å². The van der Waals surface area contributed by atoms with Crippen LogP contribution in [0.15, 0.2) is 48.5 Å². The Labute approximate surface area is 128 Å². The van der Waals surface area contributed by atoms with Crippen LogP contribution in [0.25, 0.3) is 0 Å². The quantitative estimate of drug-likeness (QED) is 0.667. The van der Waals surface area contributed by atoms with Crippen LogP contribution < -0.4 is 10.9 Å². The zero-order valence-electron chi connectivity index (χ0n) is 11.4. The van der Waals surface area contributed by atoms with Crippen LogP contribution in [0.3, 0.4) is 0 Å². The number of hydrogen-bond acceptors (Lipinski definition) is 4. The van der Waals surface area contributed by atoms with Gasteiger partial charge in [0.25, 0.3) is 11.6 Å². The lowest BCUT2D eigenvalue weighted by molar-refractivity contribution is -0.384. The number of amides is 1. The number of anilines is 1. The van der Waals surface area contributed by atoms with E-state index >= 15 is 0 Å². The Balaban J connectivity index is 2.14. The van der Waals surface area contributed by atoms with Gasteiger partial charge < -0.3 is 0 Å². The fraction of sp³-hybridized carbons (Fsp3) is 0.0714. The first-order valence-electron chi connectivity index (χ1n) is 6.26. The Kier molecular flexibility index (Phi) is 4.49. The molecule has 2 rings (SSSR count). The largest absolute Gasteiger partial charge is 0.418 e. The molecular formula is C14H10F3N3O3. The van der Waals surface area contributed by atoms with Gasteiger partial charge in [-0.25, -0.2) is 0 Å². The van der Waals surface area contributed by atoms with Crippen LogP contribution in [0.4, 0.5) is 24.5 Å². The SMILES string of the molecule is O=C(NNc1ccccc1C(F)(F)F)c1cccc([N+](=O)[O-])c1. The molecule has 120 valence electrons. The Morgan fingerprint density at radius 3 is 2.43 bits per heavy atom. The molecule has 6 nitrogen and oxygen atoms in total. The van der Waals surface area contributed by atoms with Crippen LogP contribution >= 0.6 is 0 Å². The van der Waals surface area contributed by atoms with E-state index in [0.29, 0.717) is 0 Å². The van der Waals surface area contributed by atoms with Crippen LogP contribution in [-0.4, -0.2) is 10.8 Å². The molecule has 0 bridgehead atoms. The second-order valence-corrected chi connectivity index (χ2v) is 4.43. The number of non-ortho nitro benzene ring substituents is 1. The van der Waals surface area contributed by atoms with Crippen LogP contribution in [0, 0.1) is 10.1 Å². The van der Waals surface area contributed by atoms with Gasteiger partial charge in [-0.3, -0.25) is 25.8 Å². The van der Waals surface area contributed by atoms with Gasteiger partial charge in [0.2, 0.25) is 0 Å². The Bertz CT molecular complexity index is 747. The highest BCUT2D eigenvalue weighted by molar-refractivity contribution is 5.95. The summed E-state index contributed by atoms with van der Waals surface area (Å²) >= 11 is 0. The summed E-state index contributed by atoms with van der Waals surface area (Å²) in [5.41, 5.74) is 2.62. The smallest absolute Gasteiger partial charge is 0.298 e. The summed E-state index contributed by atoms with van der Waals surface area (Å²) in [6, 6.07) is 9.43. The molecule has 0 unspecified atom stereocenters. The van der Waals surface area contributed by atoms with E-state index in [2.05, 4.69) is 10.9 Å². The first kappa shape index (κ1) is 16.3. The number of carbonyl (C=O) groups excluding carboxylic acids is 1. The zero-order chi connectivity index (χ0) is 17.0. The lowest BCUT2D eigenvalue weighted by Crippen LogP contribution is -2.30. The number of benzene rings is 2. The summed E-state index contributed by atoms with van der Waals surface area (Å²) in [6.07, 6.45) is -4.58. The van der Waals surface area contributed by atoms with Crippen molar-refractivity contribution in [3.8, 4) is 0 Å². The normalized spacial score (nSPS) is 10.9. The molecule has 0 heterocycles. The van der Waals surface area contributed by atoms with E-state index in [1.807, 2.05) is 0 Å². The third-order valence-corrected chi connectivity index (χ3v) is 2.86. The van der Waals surface area contributed by atoms with Crippen LogP contribution in [0.5, 0.6) is 0 Å². The molecule has 0 saturated carbocycles. The molecular weight excluding hydrogens is 315 g/mol. The highest BCUT2D eigenvalue weighted by atomic mass is 19.4. The number of hydrazine groups is 1. The van der Waals surface area contributed by atoms with E-state index in [1.165, 1.54) is 30.3 Å². The summed E-state index contributed by atoms with van der Waals surface area (Å²) in [5.74, 6) is -0.800. The summed E-state index contributed by atoms with van der Waals surface area (Å²) in [6.45, 7) is 0. The molecule has 0 spiro atoms. The van der Waals surface area contributed by atoms with E-state index in [9.17, 15) is 28.1 Å². The molecule has 9 heteroatoms. The number of nitro groups is 1. The number of halogens is 3. The van der Waals surface area contributed by atoms with Crippen molar-refractivity contribution in [3.05, 3.63) is 69.8 Å². The van der Waals surface area contributed by atoms with Gasteiger partial charge in [-0.2, -0.15) is 13.2 Å². The number of para-hydroxylation sites is 1. The number of carbonyl (C=O) groups is 1. The van der Waals surface area contributed by atoms with Crippen molar-refractivity contribution in [1.29, 1.82) is 0 Å². The fourth-order valence-electron chi connectivity index (χ4n) is 1.80. The minimum Gasteiger partial charge on any atom is -0.298 e. The third kappa shape index (κ3) is 3.96. The minimum atomic E-state index is -4.58. The molecule has 0 fully saturated rings. The molecule has 0 radical (unpaired) electrons. The first-order chi connectivity index (χ1) is 10.8. The summed E-state index contributed by atoms with van der Waals surface area (Å²) in [7, 11) is 0. The molecule has 0 saturated heterocycles. The molecule has 0 atom stereocenters. The number of nitrogens with zero attached hydrogens (tertiary/aromatic N) is 1. The average Bonchev–Trinajstić information content (AvgIpc) is 2.52. The lowest BCUT2D eigenvalue weighted by Gasteiger charge is -2.14. The fourth-order valence-corrected chi connectivity index (χ4v) is 1.80. The maximum Gasteiger partial charge on any atom is 0.418 e. The molecule has 1 amide bonds. The van der Waals surface area contributed by atoms with E-state index in [-0.39, 0.29) is 16.9 Å². The molecule has 0 aliphatic rings. The van der Waals surface area contributed by atoms with Gasteiger partial charge in [0.05, 0.1) is 16.2 Å². The zero-order valence-corrected chi connectivity index (χ0v) is 11.4. The second-order valence-electron chi connectivity index (χ2n) is 4.43. The third-order valence-electron chi connectivity index (χ3n) is 2.86. The van der Waals surface area contributed by atoms with Crippen molar-refractivity contribution < 1.29 is 22.9 Å². The number of nitro benzene ring substituents is 1. The number of hydrogen-bond donors (Lipinski definition) is 2. The summed E-state index contributed by atoms with van der Waals surface area (Å²) in [4.78, 5) is 21.8. The first-order valence-corrected chi connectivity index (χ1v) is 6.26. The summed E-state index contributed by atoms with van der Waals surface area (Å²) in [5, 5.41) is 10.6. The maximum atomic E-state index is 12.8. The highest BCUT2D eigenvalue weighted by Crippen LogP contribution is 2.34. The van der Waals surface area contributed by atoms with E-state index in [4.69, 9.17) is 0 Å². The second kappa shape index (κ2) is 6.34. The molecule has 0 aliphatic heterocycles. The van der Waals surface area contributed by atoms with Gasteiger partial charge in [0.1, 0.15) is 0 Å². The van der Waals surface area contributed by atoms with E-state index < -0.39 is 22.6 Å². The predicted molar refractivity (Wildman–Crippen MR) is 75.6 cm³/mol. The maximum absolute atomic E-state index is 12.8. The molecule has 2 N–H and O–H groups in total. The minimum absolute atomic E-state index is 0.0591. The number of nitrogens with one attached hydrogen (secondary N) is 2. The van der Waals surface area contributed by atoms with Crippen molar-refractivity contribution in [3.63, 3.8) is 0 Å².